The first-order chi connectivity index (χ1) is 6.73. The van der Waals surface area contributed by atoms with Gasteiger partial charge in [-0.25, -0.2) is 21.6 Å². The number of rotatable bonds is 4. The minimum atomic E-state index is -3.76. The van der Waals surface area contributed by atoms with Crippen LogP contribution in [0, 0.1) is 0 Å². The highest BCUT2D eigenvalue weighted by atomic mass is 32.2. The molecule has 0 saturated carbocycles. The van der Waals surface area contributed by atoms with E-state index in [1.807, 2.05) is 4.72 Å². The summed E-state index contributed by atoms with van der Waals surface area (Å²) in [6.45, 7) is -0.501. The van der Waals surface area contributed by atoms with E-state index in [0.29, 0.717) is 0 Å². The van der Waals surface area contributed by atoms with Crippen molar-refractivity contribution >= 4 is 25.8 Å². The second-order valence-electron chi connectivity index (χ2n) is 3.36. The fraction of sp³-hybridized carbons (Fsp3) is 0.833. The zero-order chi connectivity index (χ0) is 11.7. The molecule has 9 heteroatoms. The molecule has 0 radical (unpaired) electrons. The highest BCUT2D eigenvalue weighted by molar-refractivity contribution is 7.95. The van der Waals surface area contributed by atoms with E-state index in [2.05, 4.69) is 0 Å². The van der Waals surface area contributed by atoms with E-state index in [0.717, 1.165) is 0 Å². The zero-order valence-corrected chi connectivity index (χ0v) is 9.47. The Morgan fingerprint density at radius 1 is 1.47 bits per heavy atom. The van der Waals surface area contributed by atoms with Gasteiger partial charge in [-0.2, -0.15) is 0 Å². The molecule has 1 atom stereocenters. The van der Waals surface area contributed by atoms with Gasteiger partial charge in [-0.05, 0) is 6.42 Å². The summed E-state index contributed by atoms with van der Waals surface area (Å²) < 4.78 is 46.9. The Labute approximate surface area is 88.0 Å². The third kappa shape index (κ3) is 3.43. The van der Waals surface area contributed by atoms with Gasteiger partial charge in [0.05, 0.1) is 23.3 Å². The van der Waals surface area contributed by atoms with Gasteiger partial charge < -0.3 is 5.73 Å². The number of carbonyl (C=O) groups is 1. The van der Waals surface area contributed by atoms with Crippen LogP contribution in [0.25, 0.3) is 0 Å². The first-order valence-electron chi connectivity index (χ1n) is 4.20. The Morgan fingerprint density at radius 2 is 2.07 bits per heavy atom. The molecule has 0 bridgehead atoms. The van der Waals surface area contributed by atoms with E-state index in [9.17, 15) is 21.6 Å². The lowest BCUT2D eigenvalue weighted by molar-refractivity contribution is -0.116. The van der Waals surface area contributed by atoms with Crippen LogP contribution >= 0.6 is 0 Å². The van der Waals surface area contributed by atoms with Gasteiger partial charge in [-0.1, -0.05) is 0 Å². The van der Waals surface area contributed by atoms with Crippen LogP contribution in [0.4, 0.5) is 0 Å². The van der Waals surface area contributed by atoms with Gasteiger partial charge in [-0.3, -0.25) is 4.79 Å². The standard InChI is InChI=1S/C6H12N2O5S2/c7-6(9)3-8-15(12,13)5-1-2-14(10,11)4-5/h5,8H,1-4H2,(H2,7,9). The fourth-order valence-corrected chi connectivity index (χ4v) is 5.33. The van der Waals surface area contributed by atoms with Crippen molar-refractivity contribution in [1.82, 2.24) is 4.72 Å². The fourth-order valence-electron chi connectivity index (χ4n) is 1.30. The minimum absolute atomic E-state index is 0.0659. The predicted octanol–water partition coefficient (Wildman–Crippen LogP) is -2.42. The lowest BCUT2D eigenvalue weighted by Crippen LogP contribution is -2.39. The molecule has 0 aromatic carbocycles. The summed E-state index contributed by atoms with van der Waals surface area (Å²) in [6.07, 6.45) is 0.0659. The summed E-state index contributed by atoms with van der Waals surface area (Å²) in [5.41, 5.74) is 4.77. The van der Waals surface area contributed by atoms with Gasteiger partial charge in [0.15, 0.2) is 9.84 Å². The SMILES string of the molecule is NC(=O)CNS(=O)(=O)C1CCS(=O)(=O)C1. The summed E-state index contributed by atoms with van der Waals surface area (Å²) in [5.74, 6) is -1.32. The maximum absolute atomic E-state index is 11.4. The number of amides is 1. The summed E-state index contributed by atoms with van der Waals surface area (Å²) in [7, 11) is -7.01. The Balaban J connectivity index is 2.68. The molecule has 0 aromatic heterocycles. The lowest BCUT2D eigenvalue weighted by atomic mass is 10.4. The molecule has 1 aliphatic rings. The van der Waals surface area contributed by atoms with Crippen molar-refractivity contribution in [1.29, 1.82) is 0 Å². The smallest absolute Gasteiger partial charge is 0.232 e. The first kappa shape index (κ1) is 12.4. The van der Waals surface area contributed by atoms with Gasteiger partial charge in [0, 0.05) is 0 Å². The molecule has 88 valence electrons. The molecule has 1 heterocycles. The van der Waals surface area contributed by atoms with Gasteiger partial charge >= 0.3 is 0 Å². The molecule has 1 rings (SSSR count). The van der Waals surface area contributed by atoms with Gasteiger partial charge in [0.1, 0.15) is 0 Å². The van der Waals surface area contributed by atoms with Gasteiger partial charge in [0.2, 0.25) is 15.9 Å². The van der Waals surface area contributed by atoms with Gasteiger partial charge in [-0.15, -0.1) is 0 Å². The molecule has 0 aliphatic carbocycles. The van der Waals surface area contributed by atoms with Crippen LogP contribution in [-0.2, 0) is 24.7 Å². The van der Waals surface area contributed by atoms with E-state index in [4.69, 9.17) is 5.73 Å². The van der Waals surface area contributed by atoms with Crippen molar-refractivity contribution in [3.8, 4) is 0 Å². The van der Waals surface area contributed by atoms with Crippen LogP contribution in [0.5, 0.6) is 0 Å². The van der Waals surface area contributed by atoms with E-state index < -0.39 is 37.6 Å². The number of hydrogen-bond acceptors (Lipinski definition) is 5. The monoisotopic (exact) mass is 256 g/mol. The molecule has 15 heavy (non-hydrogen) atoms. The second-order valence-corrected chi connectivity index (χ2v) is 7.63. The third-order valence-corrected chi connectivity index (χ3v) is 5.88. The highest BCUT2D eigenvalue weighted by Gasteiger charge is 2.36. The quantitative estimate of drug-likeness (QED) is 0.579. The Bertz CT molecular complexity index is 452. The molecule has 3 N–H and O–H groups in total. The van der Waals surface area contributed by atoms with Crippen LogP contribution in [0.1, 0.15) is 6.42 Å². The molecule has 1 aliphatic heterocycles. The average molecular weight is 256 g/mol. The number of hydrogen-bond donors (Lipinski definition) is 2. The first-order valence-corrected chi connectivity index (χ1v) is 7.57. The van der Waals surface area contributed by atoms with Crippen LogP contribution in [-0.4, -0.2) is 46.0 Å². The summed E-state index contributed by atoms with van der Waals surface area (Å²) in [4.78, 5) is 10.4. The number of sulfone groups is 1. The largest absolute Gasteiger partial charge is 0.369 e. The normalized spacial score (nSPS) is 25.2. The molecule has 1 saturated heterocycles. The number of primary amides is 1. The number of nitrogens with one attached hydrogen (secondary N) is 1. The predicted molar refractivity (Wildman–Crippen MR) is 53.2 cm³/mol. The molecule has 1 amide bonds. The van der Waals surface area contributed by atoms with Crippen molar-refractivity contribution in [3.63, 3.8) is 0 Å². The topological polar surface area (TPSA) is 123 Å². The van der Waals surface area contributed by atoms with Crippen molar-refractivity contribution in [2.75, 3.05) is 18.1 Å². The Morgan fingerprint density at radius 3 is 2.47 bits per heavy atom. The number of carbonyl (C=O) groups excluding carboxylic acids is 1. The van der Waals surface area contributed by atoms with Crippen LogP contribution in [0.15, 0.2) is 0 Å². The molecular weight excluding hydrogens is 244 g/mol. The maximum Gasteiger partial charge on any atom is 0.232 e. The Kier molecular flexibility index (Phi) is 3.36. The summed E-state index contributed by atoms with van der Waals surface area (Å²) in [6, 6.07) is 0. The molecule has 1 fully saturated rings. The van der Waals surface area contributed by atoms with Crippen molar-refractivity contribution in [3.05, 3.63) is 0 Å². The second kappa shape index (κ2) is 4.06. The van der Waals surface area contributed by atoms with Crippen molar-refractivity contribution < 1.29 is 21.6 Å². The van der Waals surface area contributed by atoms with Crippen molar-refractivity contribution in [2.24, 2.45) is 5.73 Å². The van der Waals surface area contributed by atoms with E-state index in [-0.39, 0.29) is 17.9 Å². The summed E-state index contributed by atoms with van der Waals surface area (Å²) >= 11 is 0. The number of nitrogens with two attached hydrogens (primary N) is 1. The van der Waals surface area contributed by atoms with Crippen molar-refractivity contribution in [2.45, 2.75) is 11.7 Å². The molecule has 1 unspecified atom stereocenters. The number of sulfonamides is 1. The molecule has 0 aromatic rings. The Hall–Kier alpha value is -0.670. The summed E-state index contributed by atoms with van der Waals surface area (Å²) in [5, 5.41) is -0.971. The van der Waals surface area contributed by atoms with E-state index >= 15 is 0 Å². The molecule has 7 nitrogen and oxygen atoms in total. The zero-order valence-electron chi connectivity index (χ0n) is 7.84. The minimum Gasteiger partial charge on any atom is -0.369 e. The molecule has 0 spiro atoms. The van der Waals surface area contributed by atoms with Crippen LogP contribution in [0.3, 0.4) is 0 Å². The maximum atomic E-state index is 11.4. The van der Waals surface area contributed by atoms with E-state index in [1.165, 1.54) is 0 Å². The average Bonchev–Trinajstić information content (AvgIpc) is 2.43. The lowest BCUT2D eigenvalue weighted by Gasteiger charge is -2.09. The highest BCUT2D eigenvalue weighted by Crippen LogP contribution is 2.17. The van der Waals surface area contributed by atoms with E-state index in [1.54, 1.807) is 0 Å². The third-order valence-electron chi connectivity index (χ3n) is 2.08. The van der Waals surface area contributed by atoms with Gasteiger partial charge in [0.25, 0.3) is 0 Å². The molecular formula is C6H12N2O5S2. The van der Waals surface area contributed by atoms with Crippen LogP contribution in [0.2, 0.25) is 0 Å². The van der Waals surface area contributed by atoms with Crippen LogP contribution < -0.4 is 10.5 Å².